The molecule has 1 aliphatic heterocycles. The maximum absolute atomic E-state index is 12.6. The number of benzene rings is 1. The molecule has 26 heavy (non-hydrogen) atoms. The van der Waals surface area contributed by atoms with Crippen LogP contribution in [0.2, 0.25) is 4.34 Å². The molecule has 3 heterocycles. The minimum Gasteiger partial charge on any atom is -0.307 e. The number of nitrogens with one attached hydrogen (secondary N) is 1. The minimum absolute atomic E-state index is 0.0275. The molecule has 0 saturated heterocycles. The highest BCUT2D eigenvalue weighted by molar-refractivity contribution is 7.94. The molecule has 134 valence electrons. The minimum atomic E-state index is -3.67. The van der Waals surface area contributed by atoms with Crippen LogP contribution in [0, 0.1) is 0 Å². The van der Waals surface area contributed by atoms with Crippen molar-refractivity contribution in [2.75, 3.05) is 16.2 Å². The molecule has 0 fully saturated rings. The summed E-state index contributed by atoms with van der Waals surface area (Å²) in [5.74, 6) is -0.0275. The molecule has 0 spiro atoms. The van der Waals surface area contributed by atoms with E-state index in [1.54, 1.807) is 35.2 Å². The van der Waals surface area contributed by atoms with E-state index in [1.165, 1.54) is 17.4 Å². The second-order valence-electron chi connectivity index (χ2n) is 5.69. The van der Waals surface area contributed by atoms with Gasteiger partial charge >= 0.3 is 0 Å². The number of rotatable bonds is 4. The van der Waals surface area contributed by atoms with E-state index in [0.717, 1.165) is 22.6 Å². The second kappa shape index (κ2) is 6.70. The lowest BCUT2D eigenvalue weighted by Crippen LogP contribution is -2.28. The lowest BCUT2D eigenvalue weighted by molar-refractivity contribution is 0.0993. The van der Waals surface area contributed by atoms with E-state index in [2.05, 4.69) is 4.72 Å². The van der Waals surface area contributed by atoms with Crippen molar-refractivity contribution in [1.82, 2.24) is 0 Å². The predicted octanol–water partition coefficient (Wildman–Crippen LogP) is 4.47. The smallest absolute Gasteiger partial charge is 0.271 e. The largest absolute Gasteiger partial charge is 0.307 e. The Hall–Kier alpha value is -1.87. The van der Waals surface area contributed by atoms with Gasteiger partial charge in [-0.25, -0.2) is 8.42 Å². The quantitative estimate of drug-likeness (QED) is 0.672. The van der Waals surface area contributed by atoms with Crippen LogP contribution in [0.25, 0.3) is 0 Å². The maximum Gasteiger partial charge on any atom is 0.271 e. The SMILES string of the molecule is O=C(c1cccs1)N1CCc2cc(NS(=O)(=O)c3ccc(Cl)s3)ccc21. The Bertz CT molecular complexity index is 1070. The van der Waals surface area contributed by atoms with Crippen molar-refractivity contribution in [1.29, 1.82) is 0 Å². The first-order valence-corrected chi connectivity index (χ1v) is 11.3. The highest BCUT2D eigenvalue weighted by Gasteiger charge is 2.27. The topological polar surface area (TPSA) is 66.5 Å². The van der Waals surface area contributed by atoms with E-state index in [0.29, 0.717) is 27.9 Å². The number of carbonyl (C=O) groups is 1. The lowest BCUT2D eigenvalue weighted by atomic mass is 10.1. The molecule has 0 saturated carbocycles. The molecule has 5 nitrogen and oxygen atoms in total. The Morgan fingerprint density at radius 3 is 2.73 bits per heavy atom. The molecule has 3 aromatic rings. The van der Waals surface area contributed by atoms with Crippen molar-refractivity contribution in [2.24, 2.45) is 0 Å². The van der Waals surface area contributed by atoms with Gasteiger partial charge in [0.15, 0.2) is 0 Å². The summed E-state index contributed by atoms with van der Waals surface area (Å²) in [6.45, 7) is 0.586. The van der Waals surface area contributed by atoms with Gasteiger partial charge in [-0.1, -0.05) is 17.7 Å². The van der Waals surface area contributed by atoms with E-state index in [-0.39, 0.29) is 10.1 Å². The van der Waals surface area contributed by atoms with E-state index in [9.17, 15) is 13.2 Å². The molecule has 0 radical (unpaired) electrons. The lowest BCUT2D eigenvalue weighted by Gasteiger charge is -2.16. The third-order valence-electron chi connectivity index (χ3n) is 4.02. The fourth-order valence-electron chi connectivity index (χ4n) is 2.86. The van der Waals surface area contributed by atoms with Crippen LogP contribution in [0.4, 0.5) is 11.4 Å². The Labute approximate surface area is 163 Å². The molecule has 1 amide bonds. The zero-order chi connectivity index (χ0) is 18.3. The van der Waals surface area contributed by atoms with Crippen LogP contribution in [0.1, 0.15) is 15.2 Å². The fourth-order valence-corrected chi connectivity index (χ4v) is 6.06. The van der Waals surface area contributed by atoms with Gasteiger partial charge in [0.25, 0.3) is 15.9 Å². The van der Waals surface area contributed by atoms with Crippen LogP contribution < -0.4 is 9.62 Å². The third kappa shape index (κ3) is 3.25. The van der Waals surface area contributed by atoms with E-state index < -0.39 is 10.0 Å². The van der Waals surface area contributed by atoms with Gasteiger partial charge in [0.05, 0.1) is 9.21 Å². The molecule has 0 unspecified atom stereocenters. The summed E-state index contributed by atoms with van der Waals surface area (Å²) in [5.41, 5.74) is 2.24. The number of fused-ring (bicyclic) bond motifs is 1. The van der Waals surface area contributed by atoms with Crippen LogP contribution in [-0.4, -0.2) is 20.9 Å². The van der Waals surface area contributed by atoms with Crippen LogP contribution >= 0.6 is 34.3 Å². The molecule has 2 aromatic heterocycles. The number of anilines is 2. The molecule has 1 aliphatic rings. The van der Waals surface area contributed by atoms with Crippen molar-refractivity contribution in [3.8, 4) is 0 Å². The monoisotopic (exact) mass is 424 g/mol. The zero-order valence-corrected chi connectivity index (χ0v) is 16.5. The van der Waals surface area contributed by atoms with Gasteiger partial charge in [0, 0.05) is 17.9 Å². The molecule has 0 atom stereocenters. The number of halogens is 1. The summed E-state index contributed by atoms with van der Waals surface area (Å²) < 4.78 is 28.0. The first kappa shape index (κ1) is 17.5. The number of hydrogen-bond acceptors (Lipinski definition) is 5. The maximum atomic E-state index is 12.6. The van der Waals surface area contributed by atoms with Gasteiger partial charge in [0.1, 0.15) is 4.21 Å². The average Bonchev–Trinajstić information content (AvgIpc) is 3.34. The second-order valence-corrected chi connectivity index (χ2v) is 10.3. The molecule has 1 N–H and O–H groups in total. The summed E-state index contributed by atoms with van der Waals surface area (Å²) in [5, 5.41) is 1.87. The average molecular weight is 425 g/mol. The highest BCUT2D eigenvalue weighted by atomic mass is 35.5. The standard InChI is InChI=1S/C17H13ClN2O3S3/c18-15-5-6-16(25-15)26(22,23)19-12-3-4-13-11(10-12)7-8-20(13)17(21)14-2-1-9-24-14/h1-6,9-10,19H,7-8H2. The highest BCUT2D eigenvalue weighted by Crippen LogP contribution is 2.33. The first-order valence-electron chi connectivity index (χ1n) is 7.70. The number of sulfonamides is 1. The van der Waals surface area contributed by atoms with Gasteiger partial charge in [-0.15, -0.1) is 22.7 Å². The van der Waals surface area contributed by atoms with Gasteiger partial charge in [-0.3, -0.25) is 9.52 Å². The summed E-state index contributed by atoms with van der Waals surface area (Å²) >= 11 is 8.24. The van der Waals surface area contributed by atoms with E-state index in [1.807, 2.05) is 11.4 Å². The summed E-state index contributed by atoms with van der Waals surface area (Å²) in [7, 11) is -3.67. The Balaban J connectivity index is 1.58. The van der Waals surface area contributed by atoms with Crippen LogP contribution in [0.15, 0.2) is 52.1 Å². The summed E-state index contributed by atoms with van der Waals surface area (Å²) in [6, 6.07) is 11.9. The molecule has 0 aliphatic carbocycles. The predicted molar refractivity (Wildman–Crippen MR) is 106 cm³/mol. The van der Waals surface area contributed by atoms with E-state index >= 15 is 0 Å². The Morgan fingerprint density at radius 2 is 2.04 bits per heavy atom. The normalized spacial score (nSPS) is 13.7. The first-order chi connectivity index (χ1) is 12.4. The number of carbonyl (C=O) groups excluding carboxylic acids is 1. The van der Waals surface area contributed by atoms with Crippen LogP contribution in [0.3, 0.4) is 0 Å². The molecule has 0 bridgehead atoms. The van der Waals surface area contributed by atoms with Crippen LogP contribution in [-0.2, 0) is 16.4 Å². The third-order valence-corrected chi connectivity index (χ3v) is 7.98. The van der Waals surface area contributed by atoms with Gasteiger partial charge in [-0.05, 0) is 53.8 Å². The molecule has 9 heteroatoms. The van der Waals surface area contributed by atoms with Crippen molar-refractivity contribution in [3.63, 3.8) is 0 Å². The van der Waals surface area contributed by atoms with Gasteiger partial charge in [0.2, 0.25) is 0 Å². The number of nitrogens with zero attached hydrogens (tertiary/aromatic N) is 1. The summed E-state index contributed by atoms with van der Waals surface area (Å²) in [6.07, 6.45) is 0.687. The Morgan fingerprint density at radius 1 is 1.19 bits per heavy atom. The van der Waals surface area contributed by atoms with Gasteiger partial charge in [-0.2, -0.15) is 0 Å². The number of hydrogen-bond donors (Lipinski definition) is 1. The fraction of sp³-hybridized carbons (Fsp3) is 0.118. The van der Waals surface area contributed by atoms with Crippen molar-refractivity contribution in [3.05, 3.63) is 62.6 Å². The van der Waals surface area contributed by atoms with Crippen LogP contribution in [0.5, 0.6) is 0 Å². The van der Waals surface area contributed by atoms with E-state index in [4.69, 9.17) is 11.6 Å². The zero-order valence-electron chi connectivity index (χ0n) is 13.3. The van der Waals surface area contributed by atoms with Crippen molar-refractivity contribution in [2.45, 2.75) is 10.6 Å². The number of amides is 1. The summed E-state index contributed by atoms with van der Waals surface area (Å²) in [4.78, 5) is 15.0. The number of thiophene rings is 2. The molecular formula is C17H13ClN2O3S3. The Kier molecular flexibility index (Phi) is 4.52. The molecule has 1 aromatic carbocycles. The van der Waals surface area contributed by atoms with Crippen molar-refractivity contribution >= 4 is 61.6 Å². The van der Waals surface area contributed by atoms with Gasteiger partial charge < -0.3 is 4.90 Å². The molecule has 4 rings (SSSR count). The van der Waals surface area contributed by atoms with Crippen molar-refractivity contribution < 1.29 is 13.2 Å². The molecular weight excluding hydrogens is 412 g/mol.